The summed E-state index contributed by atoms with van der Waals surface area (Å²) in [5, 5.41) is 1.52. The fraction of sp³-hybridized carbons (Fsp3) is 0.588. The van der Waals surface area contributed by atoms with Crippen LogP contribution in [0.25, 0.3) is 0 Å². The highest BCUT2D eigenvalue weighted by atomic mass is 16.8. The van der Waals surface area contributed by atoms with E-state index in [-0.39, 0.29) is 12.3 Å². The largest absolute Gasteiger partial charge is 0.346 e. The lowest BCUT2D eigenvalue weighted by Gasteiger charge is -2.33. The molecule has 21 heavy (non-hydrogen) atoms. The van der Waals surface area contributed by atoms with Crippen LogP contribution in [0.2, 0.25) is 0 Å². The SMILES string of the molecule is O=C(N1CCC2(CCCCC2)C1)N1OC1c1ccccc1. The van der Waals surface area contributed by atoms with E-state index in [1.165, 1.54) is 43.6 Å². The lowest BCUT2D eigenvalue weighted by Crippen LogP contribution is -2.36. The predicted octanol–water partition coefficient (Wildman–Crippen LogP) is 3.71. The Bertz CT molecular complexity index is 525. The van der Waals surface area contributed by atoms with Crippen LogP contribution in [0.4, 0.5) is 4.79 Å². The molecule has 2 aliphatic heterocycles. The number of urea groups is 1. The zero-order valence-electron chi connectivity index (χ0n) is 12.3. The van der Waals surface area contributed by atoms with Crippen molar-refractivity contribution in [3.63, 3.8) is 0 Å². The Hall–Kier alpha value is -1.55. The molecule has 4 heteroatoms. The fourth-order valence-electron chi connectivity index (χ4n) is 3.99. The summed E-state index contributed by atoms with van der Waals surface area (Å²) in [5.41, 5.74) is 1.46. The standard InChI is InChI=1S/C17H22N2O2/c20-16(19-15(21-19)14-7-3-1-4-8-14)18-12-11-17(13-18)9-5-2-6-10-17/h1,3-4,7-8,15H,2,5-6,9-13H2. The van der Waals surface area contributed by atoms with Crippen molar-refractivity contribution in [2.24, 2.45) is 5.41 Å². The predicted molar refractivity (Wildman–Crippen MR) is 79.2 cm³/mol. The molecule has 1 spiro atoms. The molecule has 3 aliphatic rings. The molecule has 1 aromatic rings. The van der Waals surface area contributed by atoms with Crippen LogP contribution in [0, 0.1) is 5.41 Å². The number of nitrogens with zero attached hydrogens (tertiary/aromatic N) is 2. The molecule has 112 valence electrons. The lowest BCUT2D eigenvalue weighted by molar-refractivity contribution is 0.134. The van der Waals surface area contributed by atoms with Gasteiger partial charge in [0.1, 0.15) is 0 Å². The number of rotatable bonds is 1. The minimum absolute atomic E-state index is 0.0475. The molecule has 0 N–H and O–H groups in total. The molecule has 0 bridgehead atoms. The number of hydrogen-bond donors (Lipinski definition) is 0. The van der Waals surface area contributed by atoms with Gasteiger partial charge in [0.05, 0.1) is 0 Å². The molecule has 2 amide bonds. The van der Waals surface area contributed by atoms with Gasteiger partial charge in [-0.25, -0.2) is 9.63 Å². The average Bonchev–Trinajstić information content (AvgIpc) is 3.25. The van der Waals surface area contributed by atoms with Gasteiger partial charge in [-0.3, -0.25) is 0 Å². The Balaban J connectivity index is 1.39. The molecule has 0 radical (unpaired) electrons. The van der Waals surface area contributed by atoms with E-state index in [4.69, 9.17) is 4.84 Å². The van der Waals surface area contributed by atoms with Gasteiger partial charge in [-0.15, -0.1) is 0 Å². The van der Waals surface area contributed by atoms with Gasteiger partial charge in [0.15, 0.2) is 0 Å². The van der Waals surface area contributed by atoms with Crippen molar-refractivity contribution >= 4 is 6.03 Å². The molecule has 1 unspecified atom stereocenters. The normalized spacial score (nSPS) is 27.1. The molecule has 4 rings (SSSR count). The highest BCUT2D eigenvalue weighted by Crippen LogP contribution is 2.45. The van der Waals surface area contributed by atoms with Gasteiger partial charge < -0.3 is 4.90 Å². The molecule has 2 saturated heterocycles. The molecule has 0 aromatic heterocycles. The quantitative estimate of drug-likeness (QED) is 0.738. The van der Waals surface area contributed by atoms with Crippen LogP contribution in [0.5, 0.6) is 0 Å². The van der Waals surface area contributed by atoms with E-state index >= 15 is 0 Å². The van der Waals surface area contributed by atoms with Gasteiger partial charge in [-0.2, -0.15) is 5.06 Å². The van der Waals surface area contributed by atoms with Crippen LogP contribution in [0.15, 0.2) is 30.3 Å². The van der Waals surface area contributed by atoms with E-state index < -0.39 is 0 Å². The van der Waals surface area contributed by atoms with Crippen molar-refractivity contribution in [1.82, 2.24) is 9.96 Å². The molecule has 1 aromatic carbocycles. The third-order valence-electron chi connectivity index (χ3n) is 5.28. The van der Waals surface area contributed by atoms with Crippen LogP contribution in [-0.4, -0.2) is 29.1 Å². The summed E-state index contributed by atoms with van der Waals surface area (Å²) in [6.45, 7) is 1.81. The van der Waals surface area contributed by atoms with Gasteiger partial charge >= 0.3 is 6.03 Å². The summed E-state index contributed by atoms with van der Waals surface area (Å²) in [5.74, 6) is 0. The first-order valence-electron chi connectivity index (χ1n) is 8.07. The molecule has 1 atom stereocenters. The topological polar surface area (TPSA) is 35.9 Å². The molecule has 2 heterocycles. The number of hydrogen-bond acceptors (Lipinski definition) is 2. The summed E-state index contributed by atoms with van der Waals surface area (Å²) in [6.07, 6.45) is 7.59. The zero-order valence-corrected chi connectivity index (χ0v) is 12.3. The van der Waals surface area contributed by atoms with Gasteiger partial charge in [-0.1, -0.05) is 49.6 Å². The third kappa shape index (κ3) is 2.42. The Morgan fingerprint density at radius 2 is 1.86 bits per heavy atom. The van der Waals surface area contributed by atoms with Crippen molar-refractivity contribution in [2.45, 2.75) is 44.8 Å². The van der Waals surface area contributed by atoms with E-state index in [1.54, 1.807) is 0 Å². The van der Waals surface area contributed by atoms with E-state index in [0.29, 0.717) is 5.41 Å². The second kappa shape index (κ2) is 5.02. The van der Waals surface area contributed by atoms with Crippen LogP contribution in [0.1, 0.15) is 50.3 Å². The number of benzene rings is 1. The van der Waals surface area contributed by atoms with E-state index in [1.807, 2.05) is 35.2 Å². The van der Waals surface area contributed by atoms with Gasteiger partial charge in [0, 0.05) is 18.7 Å². The second-order valence-corrected chi connectivity index (χ2v) is 6.71. The van der Waals surface area contributed by atoms with Crippen molar-refractivity contribution in [1.29, 1.82) is 0 Å². The fourth-order valence-corrected chi connectivity index (χ4v) is 3.99. The maximum Gasteiger partial charge on any atom is 0.346 e. The maximum atomic E-state index is 12.5. The first kappa shape index (κ1) is 13.1. The summed E-state index contributed by atoms with van der Waals surface area (Å²) in [6, 6.07) is 9.99. The van der Waals surface area contributed by atoms with Gasteiger partial charge in [-0.05, 0) is 24.7 Å². The van der Waals surface area contributed by atoms with E-state index in [0.717, 1.165) is 18.7 Å². The first-order chi connectivity index (χ1) is 10.3. The van der Waals surface area contributed by atoms with Crippen LogP contribution >= 0.6 is 0 Å². The summed E-state index contributed by atoms with van der Waals surface area (Å²) in [7, 11) is 0. The number of likely N-dealkylation sites (tertiary alicyclic amines) is 1. The second-order valence-electron chi connectivity index (χ2n) is 6.71. The number of hydroxylamine groups is 2. The van der Waals surface area contributed by atoms with Crippen molar-refractivity contribution in [2.75, 3.05) is 13.1 Å². The Morgan fingerprint density at radius 1 is 1.10 bits per heavy atom. The highest BCUT2D eigenvalue weighted by Gasteiger charge is 2.48. The molecule has 1 saturated carbocycles. The first-order valence-corrected chi connectivity index (χ1v) is 8.07. The minimum atomic E-state index is -0.179. The van der Waals surface area contributed by atoms with E-state index in [9.17, 15) is 4.79 Å². The molecular formula is C17H22N2O2. The molecule has 1 aliphatic carbocycles. The van der Waals surface area contributed by atoms with Gasteiger partial charge in [0.25, 0.3) is 0 Å². The smallest absolute Gasteiger partial charge is 0.322 e. The zero-order chi connectivity index (χ0) is 14.3. The number of amides is 2. The maximum absolute atomic E-state index is 12.5. The number of carbonyl (C=O) groups excluding carboxylic acids is 1. The Labute approximate surface area is 125 Å². The molecular weight excluding hydrogens is 264 g/mol. The summed E-state index contributed by atoms with van der Waals surface area (Å²) < 4.78 is 0. The summed E-state index contributed by atoms with van der Waals surface area (Å²) in [4.78, 5) is 20.0. The highest BCUT2D eigenvalue weighted by molar-refractivity contribution is 5.75. The van der Waals surface area contributed by atoms with Crippen LogP contribution in [-0.2, 0) is 4.84 Å². The monoisotopic (exact) mass is 286 g/mol. The summed E-state index contributed by atoms with van der Waals surface area (Å²) >= 11 is 0. The average molecular weight is 286 g/mol. The third-order valence-corrected chi connectivity index (χ3v) is 5.28. The minimum Gasteiger partial charge on any atom is -0.322 e. The number of carbonyl (C=O) groups is 1. The van der Waals surface area contributed by atoms with Crippen molar-refractivity contribution < 1.29 is 9.63 Å². The molecule has 4 nitrogen and oxygen atoms in total. The Kier molecular flexibility index (Phi) is 3.14. The van der Waals surface area contributed by atoms with Crippen molar-refractivity contribution in [3.8, 4) is 0 Å². The molecule has 3 fully saturated rings. The van der Waals surface area contributed by atoms with Gasteiger partial charge in [0.2, 0.25) is 6.23 Å². The lowest BCUT2D eigenvalue weighted by atomic mass is 9.73. The Morgan fingerprint density at radius 3 is 2.62 bits per heavy atom. The van der Waals surface area contributed by atoms with Crippen molar-refractivity contribution in [3.05, 3.63) is 35.9 Å². The van der Waals surface area contributed by atoms with Crippen LogP contribution in [0.3, 0.4) is 0 Å². The van der Waals surface area contributed by atoms with E-state index in [2.05, 4.69) is 0 Å². The van der Waals surface area contributed by atoms with Crippen LogP contribution < -0.4 is 0 Å².